The van der Waals surface area contributed by atoms with Crippen molar-refractivity contribution in [3.63, 3.8) is 0 Å². The number of aryl methyl sites for hydroxylation is 1. The van der Waals surface area contributed by atoms with Gasteiger partial charge in [0.1, 0.15) is 11.0 Å². The highest BCUT2D eigenvalue weighted by molar-refractivity contribution is 7.92. The van der Waals surface area contributed by atoms with E-state index >= 15 is 0 Å². The van der Waals surface area contributed by atoms with E-state index < -0.39 is 15.9 Å². The van der Waals surface area contributed by atoms with Gasteiger partial charge in [0, 0.05) is 18.2 Å². The number of hydrogen-bond donors (Lipinski definition) is 2. The zero-order chi connectivity index (χ0) is 21.9. The molecule has 0 bridgehead atoms. The number of hydrazine groups is 1. The second kappa shape index (κ2) is 8.68. The number of para-hydroxylation sites is 1. The van der Waals surface area contributed by atoms with Gasteiger partial charge in [-0.1, -0.05) is 29.8 Å². The molecule has 0 radical (unpaired) electrons. The van der Waals surface area contributed by atoms with Crippen LogP contribution in [0, 0.1) is 13.8 Å². The van der Waals surface area contributed by atoms with Crippen molar-refractivity contribution in [2.24, 2.45) is 0 Å². The summed E-state index contributed by atoms with van der Waals surface area (Å²) in [5.41, 5.74) is 6.64. The van der Waals surface area contributed by atoms with E-state index in [1.165, 1.54) is 35.6 Å². The van der Waals surface area contributed by atoms with E-state index in [1.54, 1.807) is 38.1 Å². The molecule has 1 amide bonds. The zero-order valence-corrected chi connectivity index (χ0v) is 18.1. The number of anilines is 2. The second-order valence-electron chi connectivity index (χ2n) is 6.45. The Kier molecular flexibility index (Phi) is 6.23. The zero-order valence-electron chi connectivity index (χ0n) is 16.5. The third-order valence-electron chi connectivity index (χ3n) is 4.39. The van der Waals surface area contributed by atoms with Gasteiger partial charge in [0.25, 0.3) is 15.9 Å². The van der Waals surface area contributed by atoms with Crippen molar-refractivity contribution in [1.29, 1.82) is 0 Å². The van der Waals surface area contributed by atoms with Gasteiger partial charge in [-0.2, -0.15) is 0 Å². The van der Waals surface area contributed by atoms with E-state index in [-0.39, 0.29) is 15.6 Å². The summed E-state index contributed by atoms with van der Waals surface area (Å²) >= 11 is 6.02. The number of nitrogens with zero attached hydrogens (tertiary/aromatic N) is 3. The van der Waals surface area contributed by atoms with Crippen LogP contribution in [-0.2, 0) is 10.0 Å². The Hall–Kier alpha value is -3.17. The molecule has 0 unspecified atom stereocenters. The first-order chi connectivity index (χ1) is 14.2. The van der Waals surface area contributed by atoms with Crippen molar-refractivity contribution in [3.05, 3.63) is 76.7 Å². The Morgan fingerprint density at radius 2 is 1.63 bits per heavy atom. The minimum atomic E-state index is -3.75. The lowest BCUT2D eigenvalue weighted by molar-refractivity contribution is 0.0962. The molecule has 0 aliphatic carbocycles. The van der Waals surface area contributed by atoms with E-state index in [0.29, 0.717) is 22.9 Å². The first kappa shape index (κ1) is 21.5. The summed E-state index contributed by atoms with van der Waals surface area (Å²) in [5, 5.41) is 0.288. The first-order valence-electron chi connectivity index (χ1n) is 8.91. The Morgan fingerprint density at radius 3 is 2.27 bits per heavy atom. The maximum Gasteiger partial charge on any atom is 0.269 e. The number of halogens is 1. The van der Waals surface area contributed by atoms with Gasteiger partial charge in [-0.3, -0.25) is 20.0 Å². The average molecular weight is 446 g/mol. The lowest BCUT2D eigenvalue weighted by atomic mass is 10.2. The number of sulfonamides is 1. The molecule has 1 aromatic heterocycles. The summed E-state index contributed by atoms with van der Waals surface area (Å²) in [4.78, 5) is 20.7. The van der Waals surface area contributed by atoms with Gasteiger partial charge in [-0.15, -0.1) is 0 Å². The van der Waals surface area contributed by atoms with Gasteiger partial charge in [0.15, 0.2) is 5.82 Å². The second-order valence-corrected chi connectivity index (χ2v) is 8.77. The summed E-state index contributed by atoms with van der Waals surface area (Å²) in [6, 6.07) is 14.4. The molecule has 2 aromatic carbocycles. The highest BCUT2D eigenvalue weighted by atomic mass is 35.5. The van der Waals surface area contributed by atoms with E-state index in [4.69, 9.17) is 11.6 Å². The standard InChI is InChI=1S/C20H20ClN5O3S/c1-13-18(21)22-14(2)23-19(13)24-25-20(27)15-9-11-17(12-10-15)30(28,29)26(3)16-7-5-4-6-8-16/h4-12H,1-3H3,(H,25,27)(H,22,23,24). The summed E-state index contributed by atoms with van der Waals surface area (Å²) in [6.45, 7) is 3.41. The van der Waals surface area contributed by atoms with Crippen molar-refractivity contribution in [1.82, 2.24) is 15.4 Å². The topological polar surface area (TPSA) is 104 Å². The molecule has 1 heterocycles. The van der Waals surface area contributed by atoms with Gasteiger partial charge in [0.05, 0.1) is 10.6 Å². The molecule has 0 spiro atoms. The van der Waals surface area contributed by atoms with Crippen LogP contribution in [0.2, 0.25) is 5.15 Å². The first-order valence-corrected chi connectivity index (χ1v) is 10.7. The Balaban J connectivity index is 1.73. The molecule has 8 nitrogen and oxygen atoms in total. The fourth-order valence-corrected chi connectivity index (χ4v) is 4.02. The number of aromatic nitrogens is 2. The molecule has 0 saturated heterocycles. The number of benzene rings is 2. The predicted octanol–water partition coefficient (Wildman–Crippen LogP) is 3.33. The van der Waals surface area contributed by atoms with Gasteiger partial charge < -0.3 is 0 Å². The molecular weight excluding hydrogens is 426 g/mol. The van der Waals surface area contributed by atoms with E-state index in [2.05, 4.69) is 20.8 Å². The summed E-state index contributed by atoms with van der Waals surface area (Å²) < 4.78 is 26.8. The number of rotatable bonds is 6. The fraction of sp³-hybridized carbons (Fsp3) is 0.150. The normalized spacial score (nSPS) is 11.1. The highest BCUT2D eigenvalue weighted by Crippen LogP contribution is 2.22. The lowest BCUT2D eigenvalue weighted by Gasteiger charge is -2.19. The maximum absolute atomic E-state index is 12.8. The molecule has 3 aromatic rings. The van der Waals surface area contributed by atoms with Crippen LogP contribution in [0.3, 0.4) is 0 Å². The number of hydrogen-bond acceptors (Lipinski definition) is 6. The van der Waals surface area contributed by atoms with Crippen LogP contribution in [0.15, 0.2) is 59.5 Å². The Morgan fingerprint density at radius 1 is 1.00 bits per heavy atom. The van der Waals surface area contributed by atoms with Crippen molar-refractivity contribution < 1.29 is 13.2 Å². The van der Waals surface area contributed by atoms with E-state index in [9.17, 15) is 13.2 Å². The van der Waals surface area contributed by atoms with Crippen molar-refractivity contribution in [3.8, 4) is 0 Å². The van der Waals surface area contributed by atoms with Gasteiger partial charge in [-0.05, 0) is 50.2 Å². The molecular formula is C20H20ClN5O3S. The van der Waals surface area contributed by atoms with Gasteiger partial charge in [0.2, 0.25) is 0 Å². The van der Waals surface area contributed by atoms with Crippen LogP contribution < -0.4 is 15.2 Å². The minimum absolute atomic E-state index is 0.0763. The number of nitrogens with one attached hydrogen (secondary N) is 2. The third-order valence-corrected chi connectivity index (χ3v) is 6.56. The molecule has 0 aliphatic heterocycles. The third kappa shape index (κ3) is 4.52. The molecule has 0 aliphatic rings. The lowest BCUT2D eigenvalue weighted by Crippen LogP contribution is -2.30. The largest absolute Gasteiger partial charge is 0.281 e. The van der Waals surface area contributed by atoms with Crippen molar-refractivity contribution >= 4 is 39.0 Å². The van der Waals surface area contributed by atoms with Crippen LogP contribution in [0.4, 0.5) is 11.5 Å². The summed E-state index contributed by atoms with van der Waals surface area (Å²) in [7, 11) is -2.27. The van der Waals surface area contributed by atoms with Gasteiger partial charge in [-0.25, -0.2) is 18.4 Å². The molecule has 2 N–H and O–H groups in total. The summed E-state index contributed by atoms with van der Waals surface area (Å²) in [5.74, 6) is 0.381. The van der Waals surface area contributed by atoms with Crippen molar-refractivity contribution in [2.75, 3.05) is 16.8 Å². The van der Waals surface area contributed by atoms with Crippen LogP contribution in [0.25, 0.3) is 0 Å². The summed E-state index contributed by atoms with van der Waals surface area (Å²) in [6.07, 6.45) is 0. The Labute approximate surface area is 179 Å². The number of carbonyl (C=O) groups is 1. The molecule has 30 heavy (non-hydrogen) atoms. The molecule has 156 valence electrons. The van der Waals surface area contributed by atoms with Crippen LogP contribution >= 0.6 is 11.6 Å². The maximum atomic E-state index is 12.8. The molecule has 0 fully saturated rings. The molecule has 0 saturated carbocycles. The van der Waals surface area contributed by atoms with Crippen LogP contribution in [0.1, 0.15) is 21.7 Å². The molecule has 0 atom stereocenters. The highest BCUT2D eigenvalue weighted by Gasteiger charge is 2.21. The smallest absolute Gasteiger partial charge is 0.269 e. The average Bonchev–Trinajstić information content (AvgIpc) is 2.75. The minimum Gasteiger partial charge on any atom is -0.281 e. The molecule has 10 heteroatoms. The van der Waals surface area contributed by atoms with E-state index in [1.807, 2.05) is 6.07 Å². The predicted molar refractivity (Wildman–Crippen MR) is 116 cm³/mol. The van der Waals surface area contributed by atoms with Crippen molar-refractivity contribution in [2.45, 2.75) is 18.7 Å². The van der Waals surface area contributed by atoms with Gasteiger partial charge >= 0.3 is 0 Å². The van der Waals surface area contributed by atoms with Crippen LogP contribution in [0.5, 0.6) is 0 Å². The quantitative estimate of drug-likeness (QED) is 0.445. The SMILES string of the molecule is Cc1nc(Cl)c(C)c(NNC(=O)c2ccc(S(=O)(=O)N(C)c3ccccc3)cc2)n1. The monoisotopic (exact) mass is 445 g/mol. The van der Waals surface area contributed by atoms with E-state index in [0.717, 1.165) is 0 Å². The number of amides is 1. The number of carbonyl (C=O) groups excluding carboxylic acids is 1. The Bertz CT molecular complexity index is 1170. The van der Waals surface area contributed by atoms with Crippen LogP contribution in [-0.4, -0.2) is 31.3 Å². The fourth-order valence-electron chi connectivity index (χ4n) is 2.62. The molecule has 3 rings (SSSR count).